The molecule has 0 unspecified atom stereocenters. The third kappa shape index (κ3) is 3.85. The van der Waals surface area contributed by atoms with E-state index < -0.39 is 11.6 Å². The van der Waals surface area contributed by atoms with E-state index in [0.717, 1.165) is 11.1 Å². The summed E-state index contributed by atoms with van der Waals surface area (Å²) in [7, 11) is 1.64. The van der Waals surface area contributed by atoms with Gasteiger partial charge in [0.1, 0.15) is 11.6 Å². The van der Waals surface area contributed by atoms with Crippen LogP contribution in [0.25, 0.3) is 0 Å². The van der Waals surface area contributed by atoms with Gasteiger partial charge in [0, 0.05) is 25.8 Å². The lowest BCUT2D eigenvalue weighted by molar-refractivity contribution is 0.185. The summed E-state index contributed by atoms with van der Waals surface area (Å²) in [5.41, 5.74) is 2.20. The first kappa shape index (κ1) is 14.6. The standard InChI is InChI=1S/C16H17F2NO/c1-20-11-13-5-2-4-12(8-13)9-19-10-14-15(17)6-3-7-16(14)18/h2-8,19H,9-11H2,1H3. The number of nitrogens with one attached hydrogen (secondary N) is 1. The molecule has 0 atom stereocenters. The van der Waals surface area contributed by atoms with Gasteiger partial charge in [0.2, 0.25) is 0 Å². The van der Waals surface area contributed by atoms with Gasteiger partial charge in [-0.25, -0.2) is 8.78 Å². The quantitative estimate of drug-likeness (QED) is 0.873. The van der Waals surface area contributed by atoms with E-state index in [0.29, 0.717) is 13.2 Å². The number of methoxy groups -OCH3 is 1. The van der Waals surface area contributed by atoms with Crippen LogP contribution in [-0.2, 0) is 24.4 Å². The maximum atomic E-state index is 13.4. The molecule has 2 rings (SSSR count). The largest absolute Gasteiger partial charge is 0.380 e. The number of halogens is 2. The highest BCUT2D eigenvalue weighted by Gasteiger charge is 2.07. The minimum atomic E-state index is -0.523. The van der Waals surface area contributed by atoms with Crippen molar-refractivity contribution in [2.45, 2.75) is 19.7 Å². The molecule has 106 valence electrons. The Hall–Kier alpha value is -1.78. The van der Waals surface area contributed by atoms with Crippen LogP contribution in [0.4, 0.5) is 8.78 Å². The second-order valence-electron chi connectivity index (χ2n) is 4.56. The lowest BCUT2D eigenvalue weighted by Gasteiger charge is -2.08. The van der Waals surface area contributed by atoms with Crippen LogP contribution in [0.3, 0.4) is 0 Å². The molecule has 0 aliphatic rings. The van der Waals surface area contributed by atoms with Gasteiger partial charge in [0.05, 0.1) is 6.61 Å². The average molecular weight is 277 g/mol. The summed E-state index contributed by atoms with van der Waals surface area (Å²) < 4.78 is 32.0. The minimum Gasteiger partial charge on any atom is -0.380 e. The fraction of sp³-hybridized carbons (Fsp3) is 0.250. The van der Waals surface area contributed by atoms with Gasteiger partial charge in [-0.2, -0.15) is 0 Å². The highest BCUT2D eigenvalue weighted by atomic mass is 19.1. The Morgan fingerprint density at radius 1 is 0.950 bits per heavy atom. The van der Waals surface area contributed by atoms with Crippen LogP contribution in [-0.4, -0.2) is 7.11 Å². The van der Waals surface area contributed by atoms with Gasteiger partial charge >= 0.3 is 0 Å². The molecule has 20 heavy (non-hydrogen) atoms. The van der Waals surface area contributed by atoms with Crippen molar-refractivity contribution in [3.63, 3.8) is 0 Å². The Morgan fingerprint density at radius 2 is 1.60 bits per heavy atom. The predicted octanol–water partition coefficient (Wildman–Crippen LogP) is 3.40. The van der Waals surface area contributed by atoms with Gasteiger partial charge in [-0.15, -0.1) is 0 Å². The second kappa shape index (κ2) is 7.12. The van der Waals surface area contributed by atoms with Crippen LogP contribution in [0, 0.1) is 11.6 Å². The lowest BCUT2D eigenvalue weighted by Crippen LogP contribution is -2.15. The first-order chi connectivity index (χ1) is 9.70. The molecule has 0 spiro atoms. The van der Waals surface area contributed by atoms with E-state index in [9.17, 15) is 8.78 Å². The Bertz CT molecular complexity index is 552. The monoisotopic (exact) mass is 277 g/mol. The third-order valence-electron chi connectivity index (χ3n) is 2.99. The van der Waals surface area contributed by atoms with Crippen LogP contribution < -0.4 is 5.32 Å². The minimum absolute atomic E-state index is 0.0700. The van der Waals surface area contributed by atoms with Crippen LogP contribution in [0.15, 0.2) is 42.5 Å². The van der Waals surface area contributed by atoms with Crippen molar-refractivity contribution in [1.29, 1.82) is 0 Å². The van der Waals surface area contributed by atoms with E-state index in [2.05, 4.69) is 5.32 Å². The molecule has 2 aromatic carbocycles. The summed E-state index contributed by atoms with van der Waals surface area (Å²) >= 11 is 0. The molecule has 0 fully saturated rings. The Kier molecular flexibility index (Phi) is 5.21. The predicted molar refractivity (Wildman–Crippen MR) is 74.1 cm³/mol. The summed E-state index contributed by atoms with van der Waals surface area (Å²) in [5.74, 6) is -1.05. The van der Waals surface area contributed by atoms with Crippen molar-refractivity contribution in [3.8, 4) is 0 Å². The van der Waals surface area contributed by atoms with Gasteiger partial charge in [-0.05, 0) is 23.3 Å². The molecular formula is C16H17F2NO. The maximum absolute atomic E-state index is 13.4. The van der Waals surface area contributed by atoms with E-state index in [-0.39, 0.29) is 12.1 Å². The van der Waals surface area contributed by atoms with Crippen molar-refractivity contribution >= 4 is 0 Å². The van der Waals surface area contributed by atoms with Crippen molar-refractivity contribution in [2.24, 2.45) is 0 Å². The molecule has 0 aliphatic heterocycles. The summed E-state index contributed by atoms with van der Waals surface area (Å²) in [4.78, 5) is 0. The van der Waals surface area contributed by atoms with Gasteiger partial charge in [0.25, 0.3) is 0 Å². The smallest absolute Gasteiger partial charge is 0.130 e. The topological polar surface area (TPSA) is 21.3 Å². The molecule has 1 N–H and O–H groups in total. The number of rotatable bonds is 6. The van der Waals surface area contributed by atoms with Crippen molar-refractivity contribution in [3.05, 3.63) is 70.8 Å². The first-order valence-corrected chi connectivity index (χ1v) is 6.41. The molecule has 0 bridgehead atoms. The van der Waals surface area contributed by atoms with Crippen molar-refractivity contribution in [2.75, 3.05) is 7.11 Å². The number of ether oxygens (including phenoxy) is 1. The fourth-order valence-electron chi connectivity index (χ4n) is 2.03. The summed E-state index contributed by atoms with van der Waals surface area (Å²) in [6, 6.07) is 11.8. The van der Waals surface area contributed by atoms with E-state index in [4.69, 9.17) is 4.74 Å². The van der Waals surface area contributed by atoms with E-state index >= 15 is 0 Å². The zero-order chi connectivity index (χ0) is 14.4. The molecule has 0 aromatic heterocycles. The van der Waals surface area contributed by atoms with Crippen molar-refractivity contribution < 1.29 is 13.5 Å². The maximum Gasteiger partial charge on any atom is 0.130 e. The molecular weight excluding hydrogens is 260 g/mol. The molecule has 0 radical (unpaired) electrons. The van der Waals surface area contributed by atoms with Gasteiger partial charge < -0.3 is 10.1 Å². The van der Waals surface area contributed by atoms with Crippen molar-refractivity contribution in [1.82, 2.24) is 5.32 Å². The number of benzene rings is 2. The Morgan fingerprint density at radius 3 is 2.30 bits per heavy atom. The third-order valence-corrected chi connectivity index (χ3v) is 2.99. The summed E-state index contributed by atoms with van der Waals surface area (Å²) in [6.07, 6.45) is 0. The number of hydrogen-bond acceptors (Lipinski definition) is 2. The molecule has 0 heterocycles. The molecule has 0 saturated carbocycles. The molecule has 2 nitrogen and oxygen atoms in total. The highest BCUT2D eigenvalue weighted by Crippen LogP contribution is 2.12. The first-order valence-electron chi connectivity index (χ1n) is 6.41. The molecule has 0 saturated heterocycles. The summed E-state index contributed by atoms with van der Waals surface area (Å²) in [6.45, 7) is 1.26. The Labute approximate surface area is 117 Å². The van der Waals surface area contributed by atoms with Crippen LogP contribution in [0.5, 0.6) is 0 Å². The Balaban J connectivity index is 1.94. The second-order valence-corrected chi connectivity index (χ2v) is 4.56. The van der Waals surface area contributed by atoms with E-state index in [1.165, 1.54) is 18.2 Å². The zero-order valence-electron chi connectivity index (χ0n) is 11.3. The van der Waals surface area contributed by atoms with Gasteiger partial charge in [-0.3, -0.25) is 0 Å². The van der Waals surface area contributed by atoms with Crippen LogP contribution in [0.2, 0.25) is 0 Å². The zero-order valence-corrected chi connectivity index (χ0v) is 11.3. The lowest BCUT2D eigenvalue weighted by atomic mass is 10.1. The van der Waals surface area contributed by atoms with Gasteiger partial charge in [0.15, 0.2) is 0 Å². The number of hydrogen-bond donors (Lipinski definition) is 1. The van der Waals surface area contributed by atoms with Crippen LogP contribution >= 0.6 is 0 Å². The SMILES string of the molecule is COCc1cccc(CNCc2c(F)cccc2F)c1. The molecule has 4 heteroatoms. The fourth-order valence-corrected chi connectivity index (χ4v) is 2.03. The van der Waals surface area contributed by atoms with E-state index in [1.54, 1.807) is 7.11 Å². The molecule has 0 aliphatic carbocycles. The normalized spacial score (nSPS) is 10.8. The highest BCUT2D eigenvalue weighted by molar-refractivity contribution is 5.23. The van der Waals surface area contributed by atoms with Crippen LogP contribution in [0.1, 0.15) is 16.7 Å². The molecule has 2 aromatic rings. The summed E-state index contributed by atoms with van der Waals surface area (Å²) in [5, 5.41) is 3.05. The average Bonchev–Trinajstić information content (AvgIpc) is 2.43. The molecule has 0 amide bonds. The van der Waals surface area contributed by atoms with Gasteiger partial charge in [-0.1, -0.05) is 30.3 Å². The van der Waals surface area contributed by atoms with E-state index in [1.807, 2.05) is 24.3 Å².